The third-order valence-corrected chi connectivity index (χ3v) is 5.42. The first-order chi connectivity index (χ1) is 13.8. The molecule has 0 saturated heterocycles. The summed E-state index contributed by atoms with van der Waals surface area (Å²) >= 11 is 1.53. The zero-order valence-electron chi connectivity index (χ0n) is 15.6. The van der Waals surface area contributed by atoms with Crippen LogP contribution >= 0.6 is 11.8 Å². The van der Waals surface area contributed by atoms with Crippen molar-refractivity contribution in [2.24, 2.45) is 4.99 Å². The molecular formula is C23H20N2O2S. The minimum atomic E-state index is -0.539. The van der Waals surface area contributed by atoms with Crippen molar-refractivity contribution in [1.82, 2.24) is 4.98 Å². The van der Waals surface area contributed by atoms with Gasteiger partial charge < -0.3 is 4.74 Å². The lowest BCUT2D eigenvalue weighted by Gasteiger charge is -2.12. The van der Waals surface area contributed by atoms with Gasteiger partial charge in [0.2, 0.25) is 0 Å². The van der Waals surface area contributed by atoms with E-state index in [1.807, 2.05) is 43.3 Å². The van der Waals surface area contributed by atoms with E-state index in [4.69, 9.17) is 9.72 Å². The number of amides is 1. The van der Waals surface area contributed by atoms with Gasteiger partial charge in [-0.15, -0.1) is 0 Å². The van der Waals surface area contributed by atoms with E-state index in [0.717, 1.165) is 40.1 Å². The molecule has 0 atom stereocenters. The number of benzene rings is 2. The molecule has 0 unspecified atom stereocenters. The fourth-order valence-electron chi connectivity index (χ4n) is 3.14. The summed E-state index contributed by atoms with van der Waals surface area (Å²) in [5.74, 6) is 0.690. The van der Waals surface area contributed by atoms with Gasteiger partial charge in [0.1, 0.15) is 5.04 Å². The molecule has 0 spiro atoms. The van der Waals surface area contributed by atoms with Crippen molar-refractivity contribution in [2.45, 2.75) is 19.1 Å². The van der Waals surface area contributed by atoms with Gasteiger partial charge in [-0.1, -0.05) is 79.3 Å². The van der Waals surface area contributed by atoms with Crippen LogP contribution in [0, 0.1) is 0 Å². The van der Waals surface area contributed by atoms with Crippen LogP contribution in [0.3, 0.4) is 0 Å². The monoisotopic (exact) mass is 388 g/mol. The van der Waals surface area contributed by atoms with Crippen LogP contribution in [-0.4, -0.2) is 22.7 Å². The van der Waals surface area contributed by atoms with Crippen molar-refractivity contribution in [3.05, 3.63) is 78.0 Å². The van der Waals surface area contributed by atoms with Crippen LogP contribution in [0.5, 0.6) is 0 Å². The Bertz CT molecular complexity index is 1020. The van der Waals surface area contributed by atoms with Crippen LogP contribution in [0.4, 0.5) is 4.79 Å². The summed E-state index contributed by atoms with van der Waals surface area (Å²) in [4.78, 5) is 21.2. The van der Waals surface area contributed by atoms with Crippen LogP contribution in [0.2, 0.25) is 0 Å². The van der Waals surface area contributed by atoms with Gasteiger partial charge in [-0.05, 0) is 23.6 Å². The molecule has 5 heteroatoms. The number of fused-ring (bicyclic) bond motifs is 1. The highest BCUT2D eigenvalue weighted by atomic mass is 32.2. The van der Waals surface area contributed by atoms with E-state index in [-0.39, 0.29) is 0 Å². The lowest BCUT2D eigenvalue weighted by molar-refractivity contribution is 0.157. The average Bonchev–Trinajstić information content (AvgIpc) is 3.15. The molecule has 4 nitrogen and oxygen atoms in total. The van der Waals surface area contributed by atoms with Gasteiger partial charge >= 0.3 is 6.09 Å². The number of aromatic nitrogens is 1. The number of hydrogen-bond acceptors (Lipinski definition) is 4. The number of carbonyl (C=O) groups is 1. The normalized spacial score (nSPS) is 14.1. The summed E-state index contributed by atoms with van der Waals surface area (Å²) < 4.78 is 5.15. The maximum atomic E-state index is 12.1. The first-order valence-corrected chi connectivity index (χ1v) is 10.3. The SMILES string of the molecule is CCCOC(=O)N=C1SCc2nc(-c3ccccc3)cc(-c3ccccc3)c21. The number of pyridine rings is 1. The third kappa shape index (κ3) is 3.85. The zero-order chi connectivity index (χ0) is 19.3. The van der Waals surface area contributed by atoms with E-state index in [2.05, 4.69) is 35.3 Å². The Labute approximate surface area is 168 Å². The fourth-order valence-corrected chi connectivity index (χ4v) is 4.14. The molecule has 0 fully saturated rings. The van der Waals surface area contributed by atoms with E-state index in [1.54, 1.807) is 0 Å². The topological polar surface area (TPSA) is 51.5 Å². The van der Waals surface area contributed by atoms with Crippen LogP contribution in [0.25, 0.3) is 22.4 Å². The standard InChI is InChI=1S/C23H20N2O2S/c1-2-13-27-23(26)25-22-21-18(16-9-5-3-6-10-16)14-19(24-20(21)15-28-22)17-11-7-4-8-12-17/h3-12,14H,2,13,15H2,1H3. The second-order valence-corrected chi connectivity index (χ2v) is 7.39. The van der Waals surface area contributed by atoms with Crippen LogP contribution in [0.15, 0.2) is 71.7 Å². The van der Waals surface area contributed by atoms with E-state index in [9.17, 15) is 4.79 Å². The van der Waals surface area contributed by atoms with Crippen molar-refractivity contribution < 1.29 is 9.53 Å². The van der Waals surface area contributed by atoms with Gasteiger partial charge in [-0.3, -0.25) is 4.98 Å². The zero-order valence-corrected chi connectivity index (χ0v) is 16.4. The predicted molar refractivity (Wildman–Crippen MR) is 115 cm³/mol. The summed E-state index contributed by atoms with van der Waals surface area (Å²) in [5, 5.41) is 0.682. The van der Waals surface area contributed by atoms with Gasteiger partial charge in [-0.25, -0.2) is 4.79 Å². The quantitative estimate of drug-likeness (QED) is 0.554. The number of thioether (sulfide) groups is 1. The lowest BCUT2D eigenvalue weighted by Crippen LogP contribution is -2.05. The van der Waals surface area contributed by atoms with Gasteiger partial charge in [0.15, 0.2) is 0 Å². The molecule has 1 aliphatic rings. The summed E-state index contributed by atoms with van der Waals surface area (Å²) in [7, 11) is 0. The molecule has 1 amide bonds. The Morgan fingerprint density at radius 3 is 2.43 bits per heavy atom. The number of rotatable bonds is 4. The number of hydrogen-bond donors (Lipinski definition) is 0. The molecule has 0 N–H and O–H groups in total. The average molecular weight is 388 g/mol. The Kier molecular flexibility index (Phi) is 5.53. The Morgan fingerprint density at radius 2 is 1.75 bits per heavy atom. The van der Waals surface area contributed by atoms with E-state index in [1.165, 1.54) is 11.8 Å². The number of ether oxygens (including phenoxy) is 1. The smallest absolute Gasteiger partial charge is 0.434 e. The minimum absolute atomic E-state index is 0.379. The van der Waals surface area contributed by atoms with Crippen LogP contribution in [0.1, 0.15) is 24.6 Å². The van der Waals surface area contributed by atoms with Crippen LogP contribution < -0.4 is 0 Å². The minimum Gasteiger partial charge on any atom is -0.448 e. The second kappa shape index (κ2) is 8.40. The molecule has 28 heavy (non-hydrogen) atoms. The van der Waals surface area contributed by atoms with Crippen molar-refractivity contribution in [1.29, 1.82) is 0 Å². The predicted octanol–water partition coefficient (Wildman–Crippen LogP) is 5.96. The highest BCUT2D eigenvalue weighted by molar-refractivity contribution is 8.14. The van der Waals surface area contributed by atoms with Crippen molar-refractivity contribution in [3.63, 3.8) is 0 Å². The first kappa shape index (κ1) is 18.4. The van der Waals surface area contributed by atoms with E-state index >= 15 is 0 Å². The Hall–Kier alpha value is -2.92. The number of carbonyl (C=O) groups excluding carboxylic acids is 1. The molecule has 0 radical (unpaired) electrons. The Morgan fingerprint density at radius 1 is 1.07 bits per heavy atom. The molecule has 0 saturated carbocycles. The largest absolute Gasteiger partial charge is 0.448 e. The first-order valence-electron chi connectivity index (χ1n) is 9.29. The fraction of sp³-hybridized carbons (Fsp3) is 0.174. The second-order valence-electron chi connectivity index (χ2n) is 6.43. The summed E-state index contributed by atoms with van der Waals surface area (Å²) in [5.41, 5.74) is 6.00. The number of nitrogens with zero attached hydrogens (tertiary/aromatic N) is 2. The summed E-state index contributed by atoms with van der Waals surface area (Å²) in [6.45, 7) is 2.34. The summed E-state index contributed by atoms with van der Waals surface area (Å²) in [6.07, 6.45) is 0.237. The summed E-state index contributed by atoms with van der Waals surface area (Å²) in [6, 6.07) is 22.4. The van der Waals surface area contributed by atoms with Gasteiger partial charge in [0.25, 0.3) is 0 Å². The van der Waals surface area contributed by atoms with E-state index < -0.39 is 6.09 Å². The maximum Gasteiger partial charge on any atom is 0.434 e. The van der Waals surface area contributed by atoms with Crippen molar-refractivity contribution in [3.8, 4) is 22.4 Å². The van der Waals surface area contributed by atoms with Crippen LogP contribution in [-0.2, 0) is 10.5 Å². The maximum absolute atomic E-state index is 12.1. The Balaban J connectivity index is 1.84. The molecule has 1 aromatic heterocycles. The van der Waals surface area contributed by atoms with E-state index in [0.29, 0.717) is 17.4 Å². The highest BCUT2D eigenvalue weighted by Gasteiger charge is 2.26. The molecule has 2 heterocycles. The van der Waals surface area contributed by atoms with Gasteiger partial charge in [-0.2, -0.15) is 4.99 Å². The molecular weight excluding hydrogens is 368 g/mol. The highest BCUT2D eigenvalue weighted by Crippen LogP contribution is 2.39. The molecule has 1 aliphatic heterocycles. The lowest BCUT2D eigenvalue weighted by atomic mass is 9.97. The molecule has 4 rings (SSSR count). The van der Waals surface area contributed by atoms with Crippen molar-refractivity contribution in [2.75, 3.05) is 6.61 Å². The molecule has 140 valence electrons. The van der Waals surface area contributed by atoms with Gasteiger partial charge in [0.05, 0.1) is 18.0 Å². The third-order valence-electron chi connectivity index (χ3n) is 4.43. The van der Waals surface area contributed by atoms with Crippen molar-refractivity contribution >= 4 is 22.9 Å². The molecule has 0 bridgehead atoms. The van der Waals surface area contributed by atoms with Gasteiger partial charge in [0, 0.05) is 16.9 Å². The molecule has 3 aromatic rings. The number of aliphatic imine (C=N–C) groups is 1. The molecule has 0 aliphatic carbocycles. The molecule has 2 aromatic carbocycles.